The van der Waals surface area contributed by atoms with Crippen LogP contribution in [0.5, 0.6) is 0 Å². The first-order valence-corrected chi connectivity index (χ1v) is 7.31. The number of nitrogens with zero attached hydrogens (tertiary/aromatic N) is 2. The first-order chi connectivity index (χ1) is 10.2. The van der Waals surface area contributed by atoms with E-state index in [0.717, 1.165) is 36.5 Å². The van der Waals surface area contributed by atoms with Crippen molar-refractivity contribution in [3.63, 3.8) is 0 Å². The van der Waals surface area contributed by atoms with Crippen molar-refractivity contribution in [2.24, 2.45) is 0 Å². The third kappa shape index (κ3) is 4.53. The maximum atomic E-state index is 13.4. The number of pyridine rings is 1. The Morgan fingerprint density at radius 1 is 1.24 bits per heavy atom. The number of benzene rings is 1. The lowest BCUT2D eigenvalue weighted by Crippen LogP contribution is -2.23. The summed E-state index contributed by atoms with van der Waals surface area (Å²) in [6.07, 6.45) is 2.68. The number of nitrogens with one attached hydrogen (secondary N) is 1. The van der Waals surface area contributed by atoms with Crippen molar-refractivity contribution in [3.8, 4) is 0 Å². The molecule has 0 fully saturated rings. The SMILES string of the molecule is CCNCc1cc(F)ccc1N(C)CCc1ccccn1. The smallest absolute Gasteiger partial charge is 0.123 e. The number of rotatable bonds is 7. The van der Waals surface area contributed by atoms with E-state index in [1.54, 1.807) is 6.07 Å². The van der Waals surface area contributed by atoms with Gasteiger partial charge < -0.3 is 10.2 Å². The predicted octanol–water partition coefficient (Wildman–Crippen LogP) is 3.01. The van der Waals surface area contributed by atoms with Crippen molar-refractivity contribution >= 4 is 5.69 Å². The molecule has 0 spiro atoms. The lowest BCUT2D eigenvalue weighted by Gasteiger charge is -2.22. The quantitative estimate of drug-likeness (QED) is 0.848. The Bertz CT molecular complexity index is 557. The molecule has 3 nitrogen and oxygen atoms in total. The van der Waals surface area contributed by atoms with Gasteiger partial charge in [0.05, 0.1) is 0 Å². The summed E-state index contributed by atoms with van der Waals surface area (Å²) < 4.78 is 13.4. The molecule has 2 aromatic rings. The third-order valence-electron chi connectivity index (χ3n) is 3.45. The van der Waals surface area contributed by atoms with Gasteiger partial charge in [-0.2, -0.15) is 0 Å². The van der Waals surface area contributed by atoms with E-state index >= 15 is 0 Å². The van der Waals surface area contributed by atoms with Crippen LogP contribution in [0.1, 0.15) is 18.2 Å². The summed E-state index contributed by atoms with van der Waals surface area (Å²) in [5, 5.41) is 3.26. The number of anilines is 1. The largest absolute Gasteiger partial charge is 0.374 e. The molecule has 0 aliphatic heterocycles. The van der Waals surface area contributed by atoms with Crippen molar-refractivity contribution < 1.29 is 4.39 Å². The molecule has 0 saturated heterocycles. The molecule has 0 aliphatic carbocycles. The van der Waals surface area contributed by atoms with Crippen LogP contribution in [0.25, 0.3) is 0 Å². The Hall–Kier alpha value is -1.94. The molecule has 0 atom stereocenters. The van der Waals surface area contributed by atoms with Crippen LogP contribution in [0.15, 0.2) is 42.6 Å². The second kappa shape index (κ2) is 7.74. The summed E-state index contributed by atoms with van der Waals surface area (Å²) in [6, 6.07) is 10.9. The molecule has 0 saturated carbocycles. The first-order valence-electron chi connectivity index (χ1n) is 7.31. The number of aromatic nitrogens is 1. The summed E-state index contributed by atoms with van der Waals surface area (Å²) in [6.45, 7) is 4.44. The molecule has 0 radical (unpaired) electrons. The molecule has 2 rings (SSSR count). The normalized spacial score (nSPS) is 10.6. The van der Waals surface area contributed by atoms with Crippen molar-refractivity contribution in [1.29, 1.82) is 0 Å². The lowest BCUT2D eigenvalue weighted by molar-refractivity contribution is 0.621. The van der Waals surface area contributed by atoms with Gasteiger partial charge >= 0.3 is 0 Å². The second-order valence-electron chi connectivity index (χ2n) is 5.05. The zero-order valence-corrected chi connectivity index (χ0v) is 12.6. The van der Waals surface area contributed by atoms with Crippen LogP contribution in [0.2, 0.25) is 0 Å². The Labute approximate surface area is 125 Å². The summed E-state index contributed by atoms with van der Waals surface area (Å²) >= 11 is 0. The van der Waals surface area contributed by atoms with Gasteiger partial charge in [-0.05, 0) is 42.4 Å². The van der Waals surface area contributed by atoms with Crippen LogP contribution in [0.4, 0.5) is 10.1 Å². The highest BCUT2D eigenvalue weighted by Crippen LogP contribution is 2.21. The molecule has 0 bridgehead atoms. The minimum absolute atomic E-state index is 0.190. The minimum atomic E-state index is -0.190. The molecule has 1 heterocycles. The van der Waals surface area contributed by atoms with E-state index in [4.69, 9.17) is 0 Å². The number of likely N-dealkylation sites (N-methyl/N-ethyl adjacent to an activating group) is 1. The fourth-order valence-electron chi connectivity index (χ4n) is 2.28. The molecule has 1 aromatic heterocycles. The van der Waals surface area contributed by atoms with E-state index < -0.39 is 0 Å². The van der Waals surface area contributed by atoms with E-state index in [-0.39, 0.29) is 5.82 Å². The van der Waals surface area contributed by atoms with E-state index in [0.29, 0.717) is 6.54 Å². The van der Waals surface area contributed by atoms with Gasteiger partial charge in [-0.15, -0.1) is 0 Å². The first kappa shape index (κ1) is 15.4. The van der Waals surface area contributed by atoms with Crippen molar-refractivity contribution in [2.45, 2.75) is 19.9 Å². The molecule has 1 N–H and O–H groups in total. The number of hydrogen-bond acceptors (Lipinski definition) is 3. The molecule has 0 unspecified atom stereocenters. The average Bonchev–Trinajstić information content (AvgIpc) is 2.51. The van der Waals surface area contributed by atoms with E-state index in [9.17, 15) is 4.39 Å². The summed E-state index contributed by atoms with van der Waals surface area (Å²) in [7, 11) is 2.03. The maximum Gasteiger partial charge on any atom is 0.123 e. The maximum absolute atomic E-state index is 13.4. The highest BCUT2D eigenvalue weighted by atomic mass is 19.1. The van der Waals surface area contributed by atoms with Gasteiger partial charge in [0.1, 0.15) is 5.82 Å². The van der Waals surface area contributed by atoms with Gasteiger partial charge in [-0.25, -0.2) is 4.39 Å². The van der Waals surface area contributed by atoms with E-state index in [1.807, 2.05) is 44.4 Å². The average molecular weight is 287 g/mol. The van der Waals surface area contributed by atoms with Crippen LogP contribution in [0.3, 0.4) is 0 Å². The predicted molar refractivity (Wildman–Crippen MR) is 85.0 cm³/mol. The molecule has 21 heavy (non-hydrogen) atoms. The van der Waals surface area contributed by atoms with Gasteiger partial charge in [-0.1, -0.05) is 13.0 Å². The molecular weight excluding hydrogens is 265 g/mol. The number of hydrogen-bond donors (Lipinski definition) is 1. The highest BCUT2D eigenvalue weighted by Gasteiger charge is 2.09. The number of halogens is 1. The van der Waals surface area contributed by atoms with Crippen molar-refractivity contribution in [2.75, 3.05) is 25.0 Å². The minimum Gasteiger partial charge on any atom is -0.374 e. The highest BCUT2D eigenvalue weighted by molar-refractivity contribution is 5.53. The van der Waals surface area contributed by atoms with Gasteiger partial charge in [0, 0.05) is 44.1 Å². The second-order valence-corrected chi connectivity index (χ2v) is 5.05. The van der Waals surface area contributed by atoms with Crippen molar-refractivity contribution in [1.82, 2.24) is 10.3 Å². The van der Waals surface area contributed by atoms with Gasteiger partial charge in [0.25, 0.3) is 0 Å². The molecule has 1 aromatic carbocycles. The van der Waals surface area contributed by atoms with Crippen molar-refractivity contribution in [3.05, 3.63) is 59.7 Å². The topological polar surface area (TPSA) is 28.2 Å². The standard InChI is InChI=1S/C17H22FN3/c1-3-19-13-14-12-15(18)7-8-17(14)21(2)11-9-16-6-4-5-10-20-16/h4-8,10,12,19H,3,9,11,13H2,1-2H3. The Balaban J connectivity index is 2.05. The summed E-state index contributed by atoms with van der Waals surface area (Å²) in [4.78, 5) is 6.49. The van der Waals surface area contributed by atoms with Gasteiger partial charge in [0.2, 0.25) is 0 Å². The molecule has 0 amide bonds. The van der Waals surface area contributed by atoms with Crippen LogP contribution >= 0.6 is 0 Å². The fourth-order valence-corrected chi connectivity index (χ4v) is 2.28. The molecule has 0 aliphatic rings. The Kier molecular flexibility index (Phi) is 5.69. The lowest BCUT2D eigenvalue weighted by atomic mass is 10.1. The van der Waals surface area contributed by atoms with Crippen LogP contribution in [-0.2, 0) is 13.0 Å². The Morgan fingerprint density at radius 2 is 2.10 bits per heavy atom. The Morgan fingerprint density at radius 3 is 2.81 bits per heavy atom. The summed E-state index contributed by atoms with van der Waals surface area (Å²) in [5.41, 5.74) is 3.12. The molecular formula is C17H22FN3. The monoisotopic (exact) mass is 287 g/mol. The van der Waals surface area contributed by atoms with Crippen LogP contribution in [-0.4, -0.2) is 25.1 Å². The molecule has 112 valence electrons. The summed E-state index contributed by atoms with van der Waals surface area (Å²) in [5.74, 6) is -0.190. The fraction of sp³-hybridized carbons (Fsp3) is 0.353. The van der Waals surface area contributed by atoms with E-state index in [2.05, 4.69) is 15.2 Å². The third-order valence-corrected chi connectivity index (χ3v) is 3.45. The van der Waals surface area contributed by atoms with Gasteiger partial charge in [0.15, 0.2) is 0 Å². The zero-order chi connectivity index (χ0) is 15.1. The zero-order valence-electron chi connectivity index (χ0n) is 12.6. The molecule has 4 heteroatoms. The van der Waals surface area contributed by atoms with Gasteiger partial charge in [-0.3, -0.25) is 4.98 Å². The van der Waals surface area contributed by atoms with Crippen LogP contribution < -0.4 is 10.2 Å². The van der Waals surface area contributed by atoms with E-state index in [1.165, 1.54) is 6.07 Å². The van der Waals surface area contributed by atoms with Crippen LogP contribution in [0, 0.1) is 5.82 Å².